The number of carbonyl (C=O) groups is 2. The van der Waals surface area contributed by atoms with Crippen molar-refractivity contribution >= 4 is 23.6 Å². The highest BCUT2D eigenvalue weighted by Crippen LogP contribution is 2.40. The van der Waals surface area contributed by atoms with Crippen LogP contribution in [0.25, 0.3) is 0 Å². The van der Waals surface area contributed by atoms with E-state index in [9.17, 15) is 23.5 Å². The summed E-state index contributed by atoms with van der Waals surface area (Å²) in [5, 5.41) is 11.8. The van der Waals surface area contributed by atoms with Crippen LogP contribution in [-0.4, -0.2) is 28.3 Å². The average Bonchev–Trinajstić information content (AvgIpc) is 3.22. The van der Waals surface area contributed by atoms with E-state index in [1.54, 1.807) is 12.1 Å². The van der Waals surface area contributed by atoms with Crippen molar-refractivity contribution in [1.82, 2.24) is 5.32 Å². The van der Waals surface area contributed by atoms with Crippen LogP contribution in [0.4, 0.5) is 8.78 Å². The number of benzene rings is 1. The number of nitrogens with one attached hydrogen (secondary N) is 1. The summed E-state index contributed by atoms with van der Waals surface area (Å²) in [6.07, 6.45) is 1.47. The van der Waals surface area contributed by atoms with Gasteiger partial charge in [-0.05, 0) is 37.8 Å². The highest BCUT2D eigenvalue weighted by atomic mass is 32.2. The Kier molecular flexibility index (Phi) is 4.51. The Labute approximate surface area is 124 Å². The second-order valence-corrected chi connectivity index (χ2v) is 6.14. The standard InChI is InChI=1S/C14H15F2NO3S/c1-14(12(19)20,8-6-7-8)17-11(18)9-4-2-3-5-10(9)21-13(15)16/h2-5,8,13H,6-7H2,1H3,(H,17,18)(H,19,20). The van der Waals surface area contributed by atoms with Crippen LogP contribution in [0.3, 0.4) is 0 Å². The van der Waals surface area contributed by atoms with Crippen molar-refractivity contribution < 1.29 is 23.5 Å². The molecule has 0 saturated heterocycles. The Balaban J connectivity index is 2.22. The van der Waals surface area contributed by atoms with E-state index in [2.05, 4.69) is 5.32 Å². The van der Waals surface area contributed by atoms with E-state index in [0.717, 1.165) is 12.8 Å². The first-order chi connectivity index (χ1) is 9.84. The van der Waals surface area contributed by atoms with Gasteiger partial charge in [0.15, 0.2) is 0 Å². The van der Waals surface area contributed by atoms with Crippen LogP contribution in [0, 0.1) is 5.92 Å². The topological polar surface area (TPSA) is 66.4 Å². The van der Waals surface area contributed by atoms with Crippen LogP contribution in [0.1, 0.15) is 30.1 Å². The quantitative estimate of drug-likeness (QED) is 0.792. The number of aliphatic carboxylic acids is 1. The molecular formula is C14H15F2NO3S. The molecule has 0 heterocycles. The Morgan fingerprint density at radius 3 is 2.52 bits per heavy atom. The first kappa shape index (κ1) is 15.8. The lowest BCUT2D eigenvalue weighted by molar-refractivity contribution is -0.144. The van der Waals surface area contributed by atoms with Gasteiger partial charge in [-0.15, -0.1) is 0 Å². The summed E-state index contributed by atoms with van der Waals surface area (Å²) < 4.78 is 25.0. The lowest BCUT2D eigenvalue weighted by atomic mass is 9.95. The Morgan fingerprint density at radius 2 is 2.00 bits per heavy atom. The third-order valence-corrected chi connectivity index (χ3v) is 4.35. The molecule has 2 rings (SSSR count). The molecule has 114 valence electrons. The van der Waals surface area contributed by atoms with Crippen LogP contribution in [0.15, 0.2) is 29.2 Å². The highest BCUT2D eigenvalue weighted by Gasteiger charge is 2.48. The molecule has 1 amide bonds. The minimum atomic E-state index is -2.65. The fourth-order valence-electron chi connectivity index (χ4n) is 2.15. The van der Waals surface area contributed by atoms with E-state index < -0.39 is 23.2 Å². The number of amides is 1. The molecule has 1 aromatic rings. The number of thioether (sulfide) groups is 1. The third-order valence-electron chi connectivity index (χ3n) is 3.56. The number of rotatable bonds is 6. The van der Waals surface area contributed by atoms with Gasteiger partial charge in [0.1, 0.15) is 5.54 Å². The third kappa shape index (κ3) is 3.53. The van der Waals surface area contributed by atoms with Gasteiger partial charge in [-0.1, -0.05) is 23.9 Å². The summed E-state index contributed by atoms with van der Waals surface area (Å²) in [6, 6.07) is 5.94. The molecule has 0 spiro atoms. The van der Waals surface area contributed by atoms with E-state index >= 15 is 0 Å². The van der Waals surface area contributed by atoms with Crippen LogP contribution in [0.5, 0.6) is 0 Å². The molecule has 0 radical (unpaired) electrons. The molecule has 2 N–H and O–H groups in total. The minimum absolute atomic E-state index is 0.0657. The van der Waals surface area contributed by atoms with Gasteiger partial charge in [0.25, 0.3) is 11.7 Å². The lowest BCUT2D eigenvalue weighted by Crippen LogP contribution is -2.54. The zero-order chi connectivity index (χ0) is 15.6. The maximum absolute atomic E-state index is 12.5. The molecule has 1 unspecified atom stereocenters. The lowest BCUT2D eigenvalue weighted by Gasteiger charge is -2.26. The number of alkyl halides is 2. The zero-order valence-corrected chi connectivity index (χ0v) is 12.1. The summed E-state index contributed by atoms with van der Waals surface area (Å²) in [5.41, 5.74) is -1.30. The molecule has 0 aromatic heterocycles. The fraction of sp³-hybridized carbons (Fsp3) is 0.429. The second kappa shape index (κ2) is 6.01. The van der Waals surface area contributed by atoms with Gasteiger partial charge < -0.3 is 10.4 Å². The average molecular weight is 315 g/mol. The number of carboxylic acids is 1. The van der Waals surface area contributed by atoms with Crippen molar-refractivity contribution in [3.63, 3.8) is 0 Å². The molecule has 1 aliphatic carbocycles. The highest BCUT2D eigenvalue weighted by molar-refractivity contribution is 7.99. The molecule has 1 atom stereocenters. The van der Waals surface area contributed by atoms with Crippen LogP contribution < -0.4 is 5.32 Å². The van der Waals surface area contributed by atoms with Crippen molar-refractivity contribution in [2.75, 3.05) is 0 Å². The van der Waals surface area contributed by atoms with Crippen molar-refractivity contribution in [3.05, 3.63) is 29.8 Å². The predicted molar refractivity (Wildman–Crippen MR) is 74.5 cm³/mol. The molecule has 7 heteroatoms. The molecule has 1 aromatic carbocycles. The fourth-order valence-corrected chi connectivity index (χ4v) is 2.78. The molecule has 1 fully saturated rings. The minimum Gasteiger partial charge on any atom is -0.480 e. The molecule has 21 heavy (non-hydrogen) atoms. The van der Waals surface area contributed by atoms with Gasteiger partial charge in [0, 0.05) is 4.90 Å². The van der Waals surface area contributed by atoms with Crippen molar-refractivity contribution in [1.29, 1.82) is 0 Å². The second-order valence-electron chi connectivity index (χ2n) is 5.11. The van der Waals surface area contributed by atoms with Crippen LogP contribution in [0.2, 0.25) is 0 Å². The monoisotopic (exact) mass is 315 g/mol. The maximum Gasteiger partial charge on any atom is 0.329 e. The molecule has 0 bridgehead atoms. The van der Waals surface area contributed by atoms with Crippen molar-refractivity contribution in [2.45, 2.75) is 36.0 Å². The van der Waals surface area contributed by atoms with Crippen LogP contribution in [-0.2, 0) is 4.79 Å². The number of carbonyl (C=O) groups excluding carboxylic acids is 1. The van der Waals surface area contributed by atoms with E-state index in [0.29, 0.717) is 0 Å². The van der Waals surface area contributed by atoms with Gasteiger partial charge in [0.05, 0.1) is 5.56 Å². The largest absolute Gasteiger partial charge is 0.480 e. The molecule has 1 aliphatic rings. The predicted octanol–water partition coefficient (Wildman–Crippen LogP) is 2.98. The first-order valence-corrected chi connectivity index (χ1v) is 7.32. The van der Waals surface area contributed by atoms with E-state index in [-0.39, 0.29) is 28.1 Å². The van der Waals surface area contributed by atoms with Gasteiger partial charge in [-0.3, -0.25) is 4.79 Å². The van der Waals surface area contributed by atoms with Crippen LogP contribution >= 0.6 is 11.8 Å². The molecular weight excluding hydrogens is 300 g/mol. The van der Waals surface area contributed by atoms with E-state index in [1.165, 1.54) is 19.1 Å². The summed E-state index contributed by atoms with van der Waals surface area (Å²) >= 11 is 0.270. The Hall–Kier alpha value is -1.63. The number of halogens is 2. The van der Waals surface area contributed by atoms with Gasteiger partial charge in [-0.2, -0.15) is 8.78 Å². The molecule has 0 aliphatic heterocycles. The van der Waals surface area contributed by atoms with E-state index in [1.807, 2.05) is 0 Å². The number of carboxylic acid groups (broad SMARTS) is 1. The normalized spacial score (nSPS) is 17.3. The smallest absolute Gasteiger partial charge is 0.329 e. The number of hydrogen-bond acceptors (Lipinski definition) is 3. The Morgan fingerprint density at radius 1 is 1.38 bits per heavy atom. The van der Waals surface area contributed by atoms with E-state index in [4.69, 9.17) is 0 Å². The van der Waals surface area contributed by atoms with Crippen molar-refractivity contribution in [2.24, 2.45) is 5.92 Å². The molecule has 4 nitrogen and oxygen atoms in total. The Bertz CT molecular complexity index is 563. The summed E-state index contributed by atoms with van der Waals surface area (Å²) in [6.45, 7) is 1.45. The maximum atomic E-state index is 12.5. The first-order valence-electron chi connectivity index (χ1n) is 6.44. The van der Waals surface area contributed by atoms with Gasteiger partial charge in [-0.25, -0.2) is 4.79 Å². The number of hydrogen-bond donors (Lipinski definition) is 2. The molecule has 1 saturated carbocycles. The summed E-state index contributed by atoms with van der Waals surface area (Å²) in [5.74, 6) is -4.52. The summed E-state index contributed by atoms with van der Waals surface area (Å²) in [7, 11) is 0. The van der Waals surface area contributed by atoms with Gasteiger partial charge in [0.2, 0.25) is 0 Å². The summed E-state index contributed by atoms with van der Waals surface area (Å²) in [4.78, 5) is 23.8. The van der Waals surface area contributed by atoms with Crippen molar-refractivity contribution in [3.8, 4) is 0 Å². The van der Waals surface area contributed by atoms with Gasteiger partial charge >= 0.3 is 5.97 Å². The SMILES string of the molecule is CC(NC(=O)c1ccccc1SC(F)F)(C(=O)O)C1CC1. The zero-order valence-electron chi connectivity index (χ0n) is 11.3.